The van der Waals surface area contributed by atoms with Gasteiger partial charge >= 0.3 is 5.97 Å². The molecule has 2 rings (SSSR count). The highest BCUT2D eigenvalue weighted by Gasteiger charge is 2.51. The zero-order valence-corrected chi connectivity index (χ0v) is 9.34. The number of rotatable bonds is 2. The van der Waals surface area contributed by atoms with E-state index in [4.69, 9.17) is 18.9 Å². The Labute approximate surface area is 93.4 Å². The van der Waals surface area contributed by atoms with E-state index >= 15 is 0 Å². The van der Waals surface area contributed by atoms with E-state index in [0.717, 1.165) is 0 Å². The highest BCUT2D eigenvalue weighted by atomic mass is 16.8. The molecule has 6 nitrogen and oxygen atoms in total. The van der Waals surface area contributed by atoms with Gasteiger partial charge < -0.3 is 24.1 Å². The lowest BCUT2D eigenvalue weighted by molar-refractivity contribution is -0.303. The predicted octanol–water partition coefficient (Wildman–Crippen LogP) is -0.559. The molecule has 4 atom stereocenters. The molecule has 0 aromatic heterocycles. The van der Waals surface area contributed by atoms with Gasteiger partial charge in [0.05, 0.1) is 19.8 Å². The van der Waals surface area contributed by atoms with Crippen LogP contribution in [0.15, 0.2) is 0 Å². The number of carbonyl (C=O) groups is 1. The summed E-state index contributed by atoms with van der Waals surface area (Å²) in [5, 5.41) is 9.61. The van der Waals surface area contributed by atoms with Crippen molar-refractivity contribution in [2.75, 3.05) is 19.8 Å². The Kier molecular flexibility index (Phi) is 3.16. The first kappa shape index (κ1) is 11.8. The summed E-state index contributed by atoms with van der Waals surface area (Å²) in [5.41, 5.74) is 0. The zero-order valence-electron chi connectivity index (χ0n) is 9.34. The second kappa shape index (κ2) is 4.29. The third kappa shape index (κ3) is 1.93. The number of esters is 1. The van der Waals surface area contributed by atoms with E-state index in [9.17, 15) is 9.90 Å². The van der Waals surface area contributed by atoms with E-state index in [1.807, 2.05) is 0 Å². The number of fused-ring (bicyclic) bond motifs is 1. The third-order valence-electron chi connectivity index (χ3n) is 2.76. The minimum absolute atomic E-state index is 0.206. The van der Waals surface area contributed by atoms with Crippen LogP contribution in [0, 0.1) is 0 Å². The van der Waals surface area contributed by atoms with Gasteiger partial charge in [-0.1, -0.05) is 0 Å². The second-order valence-corrected chi connectivity index (χ2v) is 4.00. The average Bonchev–Trinajstić information content (AvgIpc) is 2.61. The predicted molar refractivity (Wildman–Crippen MR) is 51.6 cm³/mol. The molecular weight excluding hydrogens is 216 g/mol. The lowest BCUT2D eigenvalue weighted by atomic mass is 10.1. The molecule has 16 heavy (non-hydrogen) atoms. The lowest BCUT2D eigenvalue weighted by Crippen LogP contribution is -2.55. The van der Waals surface area contributed by atoms with E-state index in [1.165, 1.54) is 6.92 Å². The number of aliphatic hydroxyl groups excluding tert-OH is 1. The molecule has 2 fully saturated rings. The molecule has 2 aliphatic heterocycles. The summed E-state index contributed by atoms with van der Waals surface area (Å²) in [6.45, 7) is 3.88. The summed E-state index contributed by atoms with van der Waals surface area (Å²) < 4.78 is 20.9. The van der Waals surface area contributed by atoms with Crippen LogP contribution in [0.4, 0.5) is 0 Å². The number of hydrogen-bond acceptors (Lipinski definition) is 6. The first-order valence-corrected chi connectivity index (χ1v) is 5.35. The van der Waals surface area contributed by atoms with Crippen molar-refractivity contribution in [3.63, 3.8) is 0 Å². The van der Waals surface area contributed by atoms with Crippen molar-refractivity contribution in [1.29, 1.82) is 0 Å². The van der Waals surface area contributed by atoms with Gasteiger partial charge in [-0.2, -0.15) is 0 Å². The summed E-state index contributed by atoms with van der Waals surface area (Å²) in [4.78, 5) is 11.6. The molecule has 1 N–H and O–H groups in total. The quantitative estimate of drug-likeness (QED) is 0.643. The number of hydrogen-bond donors (Lipinski definition) is 1. The molecule has 2 aliphatic rings. The molecule has 0 saturated carbocycles. The van der Waals surface area contributed by atoms with Crippen LogP contribution in [-0.2, 0) is 23.7 Å². The van der Waals surface area contributed by atoms with Crippen LogP contribution in [0.5, 0.6) is 0 Å². The molecule has 92 valence electrons. The fraction of sp³-hybridized carbons (Fsp3) is 0.900. The largest absolute Gasteiger partial charge is 0.462 e. The molecule has 0 aromatic carbocycles. The minimum atomic E-state index is -1.44. The van der Waals surface area contributed by atoms with Crippen molar-refractivity contribution >= 4 is 5.97 Å². The Morgan fingerprint density at radius 1 is 1.56 bits per heavy atom. The number of aliphatic hydroxyl groups is 1. The van der Waals surface area contributed by atoms with Gasteiger partial charge in [0, 0.05) is 6.92 Å². The minimum Gasteiger partial charge on any atom is -0.462 e. The van der Waals surface area contributed by atoms with Gasteiger partial charge in [-0.05, 0) is 6.92 Å². The monoisotopic (exact) mass is 232 g/mol. The second-order valence-electron chi connectivity index (χ2n) is 4.00. The van der Waals surface area contributed by atoms with E-state index in [-0.39, 0.29) is 25.9 Å². The van der Waals surface area contributed by atoms with E-state index in [2.05, 4.69) is 0 Å². The first-order chi connectivity index (χ1) is 7.57. The van der Waals surface area contributed by atoms with E-state index in [0.29, 0.717) is 0 Å². The Morgan fingerprint density at radius 3 is 3.00 bits per heavy atom. The summed E-state index contributed by atoms with van der Waals surface area (Å²) in [5.74, 6) is -2.01. The van der Waals surface area contributed by atoms with Crippen molar-refractivity contribution in [2.24, 2.45) is 0 Å². The molecule has 4 unspecified atom stereocenters. The Balaban J connectivity index is 2.05. The van der Waals surface area contributed by atoms with Crippen molar-refractivity contribution in [3.8, 4) is 0 Å². The molecule has 0 radical (unpaired) electrons. The van der Waals surface area contributed by atoms with Gasteiger partial charge in [0.25, 0.3) is 5.79 Å². The molecule has 0 aliphatic carbocycles. The Morgan fingerprint density at radius 2 is 2.31 bits per heavy atom. The molecule has 2 heterocycles. The summed E-state index contributed by atoms with van der Waals surface area (Å²) in [6.07, 6.45) is -1.55. The van der Waals surface area contributed by atoms with Gasteiger partial charge in [0.2, 0.25) is 0 Å². The van der Waals surface area contributed by atoms with Crippen LogP contribution >= 0.6 is 0 Å². The molecule has 2 saturated heterocycles. The lowest BCUT2D eigenvalue weighted by Gasteiger charge is -2.38. The van der Waals surface area contributed by atoms with Crippen molar-refractivity contribution in [1.82, 2.24) is 0 Å². The van der Waals surface area contributed by atoms with Crippen LogP contribution < -0.4 is 0 Å². The van der Waals surface area contributed by atoms with Crippen LogP contribution in [0.2, 0.25) is 0 Å². The van der Waals surface area contributed by atoms with Crippen molar-refractivity contribution in [3.05, 3.63) is 0 Å². The maximum Gasteiger partial charge on any atom is 0.366 e. The van der Waals surface area contributed by atoms with Gasteiger partial charge in [-0.15, -0.1) is 0 Å². The van der Waals surface area contributed by atoms with Gasteiger partial charge in [0.15, 0.2) is 0 Å². The zero-order chi connectivity index (χ0) is 11.8. The summed E-state index contributed by atoms with van der Waals surface area (Å²) in [7, 11) is 0. The molecule has 0 amide bonds. The third-order valence-corrected chi connectivity index (χ3v) is 2.76. The van der Waals surface area contributed by atoms with Gasteiger partial charge in [-0.25, -0.2) is 4.79 Å². The van der Waals surface area contributed by atoms with Crippen molar-refractivity contribution in [2.45, 2.75) is 37.9 Å². The number of ether oxygens (including phenoxy) is 4. The molecule has 0 bridgehead atoms. The van der Waals surface area contributed by atoms with Gasteiger partial charge in [-0.3, -0.25) is 0 Å². The SMILES string of the molecule is CCOC(=O)C1(C)OCC2OCC(O)C2O1. The average molecular weight is 232 g/mol. The Hall–Kier alpha value is -0.690. The Bertz CT molecular complexity index is 280. The van der Waals surface area contributed by atoms with E-state index in [1.54, 1.807) is 6.92 Å². The topological polar surface area (TPSA) is 74.2 Å². The standard InChI is InChI=1S/C10H16O6/c1-3-13-9(12)10(2)15-5-7-8(16-10)6(11)4-14-7/h6-8,11H,3-5H2,1-2H3. The fourth-order valence-corrected chi connectivity index (χ4v) is 1.86. The fourth-order valence-electron chi connectivity index (χ4n) is 1.86. The molecular formula is C10H16O6. The van der Waals surface area contributed by atoms with Crippen LogP contribution in [-0.4, -0.2) is 55.0 Å². The van der Waals surface area contributed by atoms with Crippen LogP contribution in [0.25, 0.3) is 0 Å². The van der Waals surface area contributed by atoms with Crippen LogP contribution in [0.3, 0.4) is 0 Å². The van der Waals surface area contributed by atoms with Crippen LogP contribution in [0.1, 0.15) is 13.8 Å². The highest BCUT2D eigenvalue weighted by molar-refractivity contribution is 5.77. The van der Waals surface area contributed by atoms with Crippen molar-refractivity contribution < 1.29 is 28.8 Å². The molecule has 0 aromatic rings. The maximum atomic E-state index is 11.6. The van der Waals surface area contributed by atoms with E-state index < -0.39 is 24.0 Å². The highest BCUT2D eigenvalue weighted by Crippen LogP contribution is 2.31. The smallest absolute Gasteiger partial charge is 0.366 e. The normalized spacial score (nSPS) is 42.8. The first-order valence-electron chi connectivity index (χ1n) is 5.35. The molecule has 6 heteroatoms. The van der Waals surface area contributed by atoms with Gasteiger partial charge in [0.1, 0.15) is 18.3 Å². The molecule has 0 spiro atoms. The maximum absolute atomic E-state index is 11.6. The summed E-state index contributed by atoms with van der Waals surface area (Å²) in [6, 6.07) is 0. The number of carbonyl (C=O) groups excluding carboxylic acids is 1. The summed E-state index contributed by atoms with van der Waals surface area (Å²) >= 11 is 0.